The third-order valence-electron chi connectivity index (χ3n) is 3.50. The Balaban J connectivity index is 0.00000200. The number of carbonyl (C=O) groups excluding carboxylic acids is 1. The zero-order chi connectivity index (χ0) is 13.5. The lowest BCUT2D eigenvalue weighted by molar-refractivity contribution is -0.117. The van der Waals surface area contributed by atoms with Gasteiger partial charge in [0.15, 0.2) is 0 Å². The van der Waals surface area contributed by atoms with Gasteiger partial charge in [-0.3, -0.25) is 9.69 Å². The van der Waals surface area contributed by atoms with Gasteiger partial charge in [-0.25, -0.2) is 0 Å². The van der Waals surface area contributed by atoms with Gasteiger partial charge in [0.25, 0.3) is 0 Å². The number of anilines is 1. The highest BCUT2D eigenvalue weighted by Gasteiger charge is 2.16. The van der Waals surface area contributed by atoms with E-state index in [-0.39, 0.29) is 18.3 Å². The summed E-state index contributed by atoms with van der Waals surface area (Å²) in [6, 6.07) is 9.61. The first kappa shape index (κ1) is 17.0. The zero-order valence-electron chi connectivity index (χ0n) is 12.0. The summed E-state index contributed by atoms with van der Waals surface area (Å²) in [6.07, 6.45) is 2.43. The van der Waals surface area contributed by atoms with Crippen molar-refractivity contribution in [2.75, 3.05) is 38.5 Å². The van der Waals surface area contributed by atoms with Crippen LogP contribution in [-0.4, -0.2) is 44.0 Å². The van der Waals surface area contributed by atoms with Crippen molar-refractivity contribution in [1.29, 1.82) is 0 Å². The molecule has 2 N–H and O–H groups in total. The van der Waals surface area contributed by atoms with Gasteiger partial charge in [0.05, 0.1) is 6.54 Å². The molecule has 1 saturated heterocycles. The predicted octanol–water partition coefficient (Wildman–Crippen LogP) is 1.98. The summed E-state index contributed by atoms with van der Waals surface area (Å²) >= 11 is 0. The first-order valence-corrected chi connectivity index (χ1v) is 6.98. The molecule has 112 valence electrons. The monoisotopic (exact) mass is 297 g/mol. The van der Waals surface area contributed by atoms with Gasteiger partial charge in [0, 0.05) is 12.2 Å². The van der Waals surface area contributed by atoms with E-state index in [1.807, 2.05) is 37.4 Å². The van der Waals surface area contributed by atoms with E-state index in [4.69, 9.17) is 0 Å². The van der Waals surface area contributed by atoms with Crippen molar-refractivity contribution in [2.45, 2.75) is 12.8 Å². The average Bonchev–Trinajstić information content (AvgIpc) is 2.40. The number of nitrogens with zero attached hydrogens (tertiary/aromatic N) is 1. The summed E-state index contributed by atoms with van der Waals surface area (Å²) in [5.74, 6) is 0.776. The van der Waals surface area contributed by atoms with Crippen molar-refractivity contribution in [3.05, 3.63) is 30.3 Å². The van der Waals surface area contributed by atoms with Crippen molar-refractivity contribution in [3.63, 3.8) is 0 Å². The molecular weight excluding hydrogens is 274 g/mol. The summed E-state index contributed by atoms with van der Waals surface area (Å²) in [7, 11) is 2.02. The second-order valence-corrected chi connectivity index (χ2v) is 5.30. The number of likely N-dealkylation sites (N-methyl/N-ethyl adjacent to an activating group) is 1. The molecule has 0 aromatic heterocycles. The van der Waals surface area contributed by atoms with E-state index >= 15 is 0 Å². The van der Waals surface area contributed by atoms with E-state index in [0.717, 1.165) is 31.2 Å². The van der Waals surface area contributed by atoms with Crippen molar-refractivity contribution < 1.29 is 4.79 Å². The van der Waals surface area contributed by atoms with Gasteiger partial charge in [-0.05, 0) is 51.0 Å². The number of piperidine rings is 1. The van der Waals surface area contributed by atoms with E-state index in [1.54, 1.807) is 0 Å². The molecule has 20 heavy (non-hydrogen) atoms. The van der Waals surface area contributed by atoms with Crippen LogP contribution in [0.3, 0.4) is 0 Å². The van der Waals surface area contributed by atoms with Crippen LogP contribution in [0.25, 0.3) is 0 Å². The summed E-state index contributed by atoms with van der Waals surface area (Å²) in [5.41, 5.74) is 0.864. The summed E-state index contributed by atoms with van der Waals surface area (Å²) < 4.78 is 0. The Kier molecular flexibility index (Phi) is 7.59. The minimum atomic E-state index is 0. The second kappa shape index (κ2) is 8.95. The number of rotatable bonds is 5. The van der Waals surface area contributed by atoms with Gasteiger partial charge >= 0.3 is 0 Å². The van der Waals surface area contributed by atoms with Crippen LogP contribution in [0.15, 0.2) is 30.3 Å². The van der Waals surface area contributed by atoms with Crippen LogP contribution in [0, 0.1) is 5.92 Å². The maximum atomic E-state index is 11.9. The van der Waals surface area contributed by atoms with E-state index in [9.17, 15) is 4.79 Å². The second-order valence-electron chi connectivity index (χ2n) is 5.30. The molecule has 0 bridgehead atoms. The highest BCUT2D eigenvalue weighted by Crippen LogP contribution is 2.12. The van der Waals surface area contributed by atoms with Crippen molar-refractivity contribution >= 4 is 24.0 Å². The van der Waals surface area contributed by atoms with Gasteiger partial charge in [0.1, 0.15) is 0 Å². The number of hydrogen-bond acceptors (Lipinski definition) is 3. The standard InChI is InChI=1S/C15H23N3O.ClH/c1-18(11-13-7-9-16-10-8-13)12-15(19)17-14-5-3-2-4-6-14;/h2-6,13,16H,7-12H2,1H3,(H,17,19);1H. The lowest BCUT2D eigenvalue weighted by atomic mass is 9.98. The first-order valence-electron chi connectivity index (χ1n) is 6.98. The number of carbonyl (C=O) groups is 1. The van der Waals surface area contributed by atoms with Gasteiger partial charge in [-0.2, -0.15) is 0 Å². The molecule has 2 rings (SSSR count). The molecule has 1 fully saturated rings. The Bertz CT molecular complexity index is 393. The summed E-state index contributed by atoms with van der Waals surface area (Å²) in [5, 5.41) is 6.28. The smallest absolute Gasteiger partial charge is 0.238 e. The molecule has 0 saturated carbocycles. The molecule has 1 heterocycles. The van der Waals surface area contributed by atoms with Crippen LogP contribution in [0.4, 0.5) is 5.69 Å². The van der Waals surface area contributed by atoms with Gasteiger partial charge in [0.2, 0.25) is 5.91 Å². The molecule has 1 aromatic rings. The Morgan fingerprint density at radius 1 is 1.30 bits per heavy atom. The van der Waals surface area contributed by atoms with E-state index in [1.165, 1.54) is 12.8 Å². The molecule has 0 aliphatic carbocycles. The Morgan fingerprint density at radius 3 is 2.60 bits per heavy atom. The number of para-hydroxylation sites is 1. The highest BCUT2D eigenvalue weighted by atomic mass is 35.5. The highest BCUT2D eigenvalue weighted by molar-refractivity contribution is 5.92. The fourth-order valence-electron chi connectivity index (χ4n) is 2.54. The zero-order valence-corrected chi connectivity index (χ0v) is 12.8. The summed E-state index contributed by atoms with van der Waals surface area (Å²) in [6.45, 7) is 3.67. The summed E-state index contributed by atoms with van der Waals surface area (Å²) in [4.78, 5) is 14.0. The number of benzene rings is 1. The SMILES string of the molecule is CN(CC(=O)Nc1ccccc1)CC1CCNCC1.Cl. The number of amides is 1. The molecule has 0 atom stereocenters. The molecule has 0 spiro atoms. The fraction of sp³-hybridized carbons (Fsp3) is 0.533. The third-order valence-corrected chi connectivity index (χ3v) is 3.50. The minimum absolute atomic E-state index is 0. The molecule has 0 unspecified atom stereocenters. The number of hydrogen-bond donors (Lipinski definition) is 2. The maximum absolute atomic E-state index is 11.9. The lowest BCUT2D eigenvalue weighted by Gasteiger charge is -2.27. The van der Waals surface area contributed by atoms with E-state index < -0.39 is 0 Å². The molecule has 1 aromatic carbocycles. The Morgan fingerprint density at radius 2 is 1.95 bits per heavy atom. The molecule has 1 aliphatic rings. The van der Waals surface area contributed by atoms with Crippen molar-refractivity contribution in [3.8, 4) is 0 Å². The van der Waals surface area contributed by atoms with Crippen LogP contribution >= 0.6 is 12.4 Å². The van der Waals surface area contributed by atoms with Crippen LogP contribution in [-0.2, 0) is 4.79 Å². The molecular formula is C15H24ClN3O. The largest absolute Gasteiger partial charge is 0.325 e. The van der Waals surface area contributed by atoms with Crippen LogP contribution < -0.4 is 10.6 Å². The normalized spacial score (nSPS) is 15.7. The Hall–Kier alpha value is -1.10. The van der Waals surface area contributed by atoms with Gasteiger partial charge in [-0.15, -0.1) is 12.4 Å². The van der Waals surface area contributed by atoms with Gasteiger partial charge < -0.3 is 10.6 Å². The van der Waals surface area contributed by atoms with Crippen molar-refractivity contribution in [2.24, 2.45) is 5.92 Å². The topological polar surface area (TPSA) is 44.4 Å². The predicted molar refractivity (Wildman–Crippen MR) is 85.4 cm³/mol. The number of nitrogens with one attached hydrogen (secondary N) is 2. The van der Waals surface area contributed by atoms with E-state index in [2.05, 4.69) is 15.5 Å². The number of halogens is 1. The third kappa shape index (κ3) is 5.90. The quantitative estimate of drug-likeness (QED) is 0.873. The van der Waals surface area contributed by atoms with Crippen LogP contribution in [0.2, 0.25) is 0 Å². The lowest BCUT2D eigenvalue weighted by Crippen LogP contribution is -2.37. The van der Waals surface area contributed by atoms with Crippen LogP contribution in [0.1, 0.15) is 12.8 Å². The molecule has 1 aliphatic heterocycles. The van der Waals surface area contributed by atoms with Crippen molar-refractivity contribution in [1.82, 2.24) is 10.2 Å². The van der Waals surface area contributed by atoms with Crippen LogP contribution in [0.5, 0.6) is 0 Å². The Labute approximate surface area is 127 Å². The molecule has 5 heteroatoms. The van der Waals surface area contributed by atoms with E-state index in [0.29, 0.717) is 6.54 Å². The fourth-order valence-corrected chi connectivity index (χ4v) is 2.54. The molecule has 0 radical (unpaired) electrons. The molecule has 1 amide bonds. The minimum Gasteiger partial charge on any atom is -0.325 e. The first-order chi connectivity index (χ1) is 9.24. The van der Waals surface area contributed by atoms with Gasteiger partial charge in [-0.1, -0.05) is 18.2 Å². The molecule has 4 nitrogen and oxygen atoms in total. The maximum Gasteiger partial charge on any atom is 0.238 e. The average molecular weight is 298 g/mol.